The molecule has 2 nitrogen and oxygen atoms in total. The molecule has 0 atom stereocenters. The van der Waals surface area contributed by atoms with Crippen molar-refractivity contribution >= 4 is 11.3 Å². The second-order valence-electron chi connectivity index (χ2n) is 2.86. The highest BCUT2D eigenvalue weighted by atomic mass is 32.1. The maximum absolute atomic E-state index is 4.12. The molecule has 3 heteroatoms. The minimum atomic E-state index is 1.01. The van der Waals surface area contributed by atoms with E-state index in [0.29, 0.717) is 0 Å². The monoisotopic (exact) mass is 175 g/mol. The second-order valence-corrected chi connectivity index (χ2v) is 3.78. The third-order valence-corrected chi connectivity index (χ3v) is 3.14. The first-order valence-electron chi connectivity index (χ1n) is 3.85. The average molecular weight is 175 g/mol. The zero-order valence-electron chi connectivity index (χ0n) is 6.40. The number of fused-ring (bicyclic) bond motifs is 3. The van der Waals surface area contributed by atoms with E-state index in [0.717, 1.165) is 6.54 Å². The molecule has 2 aromatic heterocycles. The molecule has 3 heterocycles. The molecule has 1 aliphatic rings. The largest absolute Gasteiger partial charge is 0.252 e. The molecule has 0 N–H and O–H groups in total. The Kier molecular flexibility index (Phi) is 1.12. The van der Waals surface area contributed by atoms with E-state index in [1.807, 2.05) is 18.6 Å². The predicted molar refractivity (Wildman–Crippen MR) is 46.8 cm³/mol. The lowest BCUT2D eigenvalue weighted by Crippen LogP contribution is -2.31. The van der Waals surface area contributed by atoms with Crippen molar-refractivity contribution in [2.75, 3.05) is 0 Å². The Morgan fingerprint density at radius 3 is 3.50 bits per heavy atom. The molecule has 1 aliphatic heterocycles. The molecule has 58 valence electrons. The van der Waals surface area contributed by atoms with Gasteiger partial charge in [-0.25, -0.2) is 0 Å². The van der Waals surface area contributed by atoms with Crippen LogP contribution in [0.4, 0.5) is 0 Å². The van der Waals surface area contributed by atoms with E-state index in [2.05, 4.69) is 21.0 Å². The van der Waals surface area contributed by atoms with E-state index in [1.165, 1.54) is 16.1 Å². The number of aromatic nitrogens is 2. The van der Waals surface area contributed by atoms with E-state index in [-0.39, 0.29) is 0 Å². The first-order chi connectivity index (χ1) is 5.95. The van der Waals surface area contributed by atoms with Crippen LogP contribution in [0.3, 0.4) is 0 Å². The molecule has 0 fully saturated rings. The Morgan fingerprint density at radius 2 is 2.50 bits per heavy atom. The van der Waals surface area contributed by atoms with Gasteiger partial charge in [0.1, 0.15) is 11.1 Å². The van der Waals surface area contributed by atoms with Crippen LogP contribution < -0.4 is 4.57 Å². The smallest absolute Gasteiger partial charge is 0.241 e. The maximum Gasteiger partial charge on any atom is 0.241 e. The summed E-state index contributed by atoms with van der Waals surface area (Å²) in [5.41, 5.74) is 2.68. The summed E-state index contributed by atoms with van der Waals surface area (Å²) in [6.07, 6.45) is 5.80. The fourth-order valence-corrected chi connectivity index (χ4v) is 2.53. The average Bonchev–Trinajstić information content (AvgIpc) is 2.62. The van der Waals surface area contributed by atoms with E-state index >= 15 is 0 Å². The molecule has 0 spiro atoms. The van der Waals surface area contributed by atoms with Gasteiger partial charge in [0, 0.05) is 5.56 Å². The van der Waals surface area contributed by atoms with Crippen molar-refractivity contribution in [1.29, 1.82) is 0 Å². The molecular formula is C9H7N2S+. The van der Waals surface area contributed by atoms with Crippen molar-refractivity contribution in [3.63, 3.8) is 0 Å². The van der Waals surface area contributed by atoms with Crippen LogP contribution in [0.2, 0.25) is 0 Å². The minimum Gasteiger partial charge on any atom is -0.252 e. The SMILES string of the molecule is c1c[n+]2c(cn1)-c1sccc1C2. The summed E-state index contributed by atoms with van der Waals surface area (Å²) >= 11 is 1.79. The minimum absolute atomic E-state index is 1.01. The molecule has 0 aromatic carbocycles. The van der Waals surface area contributed by atoms with E-state index in [9.17, 15) is 0 Å². The molecule has 0 saturated heterocycles. The summed E-state index contributed by atoms with van der Waals surface area (Å²) in [6, 6.07) is 2.19. The summed E-state index contributed by atoms with van der Waals surface area (Å²) in [4.78, 5) is 5.50. The summed E-state index contributed by atoms with van der Waals surface area (Å²) in [5.74, 6) is 0. The van der Waals surface area contributed by atoms with Crippen LogP contribution in [-0.2, 0) is 6.54 Å². The number of hydrogen-bond donors (Lipinski definition) is 0. The van der Waals surface area contributed by atoms with Crippen molar-refractivity contribution in [2.45, 2.75) is 6.54 Å². The third kappa shape index (κ3) is 0.689. The Balaban J connectivity index is 2.34. The van der Waals surface area contributed by atoms with Crippen LogP contribution in [0.1, 0.15) is 5.56 Å². The number of nitrogens with zero attached hydrogens (tertiary/aromatic N) is 2. The topological polar surface area (TPSA) is 16.8 Å². The second kappa shape index (κ2) is 2.14. The van der Waals surface area contributed by atoms with Gasteiger partial charge in [-0.3, -0.25) is 4.98 Å². The predicted octanol–water partition coefficient (Wildman–Crippen LogP) is 1.46. The molecule has 0 saturated carbocycles. The summed E-state index contributed by atoms with van der Waals surface area (Å²) in [5, 5.41) is 2.14. The van der Waals surface area contributed by atoms with E-state index in [1.54, 1.807) is 11.3 Å². The molecule has 3 rings (SSSR count). The molecule has 0 aliphatic carbocycles. The first kappa shape index (κ1) is 6.31. The molecule has 0 unspecified atom stereocenters. The van der Waals surface area contributed by atoms with Gasteiger partial charge in [0.25, 0.3) is 0 Å². The fraction of sp³-hybridized carbons (Fsp3) is 0.111. The molecule has 0 bridgehead atoms. The number of rotatable bonds is 0. The lowest BCUT2D eigenvalue weighted by molar-refractivity contribution is -0.672. The van der Waals surface area contributed by atoms with Crippen molar-refractivity contribution in [2.24, 2.45) is 0 Å². The summed E-state index contributed by atoms with van der Waals surface area (Å²) in [6.45, 7) is 1.01. The maximum atomic E-state index is 4.12. The van der Waals surface area contributed by atoms with Gasteiger partial charge in [0.05, 0.1) is 6.20 Å². The zero-order valence-corrected chi connectivity index (χ0v) is 7.21. The zero-order chi connectivity index (χ0) is 7.97. The van der Waals surface area contributed by atoms with E-state index < -0.39 is 0 Å². The number of hydrogen-bond acceptors (Lipinski definition) is 2. The van der Waals surface area contributed by atoms with Gasteiger partial charge in [-0.05, 0) is 11.4 Å². The lowest BCUT2D eigenvalue weighted by atomic mass is 10.3. The fourth-order valence-electron chi connectivity index (χ4n) is 1.58. The molecule has 0 amide bonds. The van der Waals surface area contributed by atoms with Gasteiger partial charge in [0.15, 0.2) is 12.7 Å². The van der Waals surface area contributed by atoms with Gasteiger partial charge < -0.3 is 0 Å². The third-order valence-electron chi connectivity index (χ3n) is 2.16. The Labute approximate surface area is 74.1 Å². The molecule has 0 radical (unpaired) electrons. The van der Waals surface area contributed by atoms with Gasteiger partial charge in [-0.15, -0.1) is 11.3 Å². The van der Waals surface area contributed by atoms with E-state index in [4.69, 9.17) is 0 Å². The lowest BCUT2D eigenvalue weighted by Gasteiger charge is -1.88. The Morgan fingerprint density at radius 1 is 1.50 bits per heavy atom. The van der Waals surface area contributed by atoms with Crippen LogP contribution in [0, 0.1) is 0 Å². The van der Waals surface area contributed by atoms with Crippen LogP contribution >= 0.6 is 11.3 Å². The summed E-state index contributed by atoms with van der Waals surface area (Å²) in [7, 11) is 0. The van der Waals surface area contributed by atoms with Gasteiger partial charge in [0.2, 0.25) is 5.69 Å². The normalized spacial score (nSPS) is 12.7. The van der Waals surface area contributed by atoms with Gasteiger partial charge >= 0.3 is 0 Å². The molecule has 12 heavy (non-hydrogen) atoms. The van der Waals surface area contributed by atoms with Gasteiger partial charge in [-0.2, -0.15) is 4.57 Å². The highest BCUT2D eigenvalue weighted by Crippen LogP contribution is 2.30. The van der Waals surface area contributed by atoms with Crippen molar-refractivity contribution in [3.8, 4) is 10.6 Å². The van der Waals surface area contributed by atoms with Crippen LogP contribution in [0.5, 0.6) is 0 Å². The highest BCUT2D eigenvalue weighted by molar-refractivity contribution is 7.13. The first-order valence-corrected chi connectivity index (χ1v) is 4.73. The molecular weight excluding hydrogens is 168 g/mol. The van der Waals surface area contributed by atoms with Crippen molar-refractivity contribution in [1.82, 2.24) is 4.98 Å². The standard InChI is InChI=1S/C9H7N2S/c1-4-12-9-7(1)6-11-3-2-10-5-8(9)11/h1-5H,6H2/q+1. The quantitative estimate of drug-likeness (QED) is 0.473. The highest BCUT2D eigenvalue weighted by Gasteiger charge is 2.26. The van der Waals surface area contributed by atoms with Crippen LogP contribution in [0.15, 0.2) is 30.0 Å². The Bertz CT molecular complexity index is 434. The van der Waals surface area contributed by atoms with Crippen molar-refractivity contribution in [3.05, 3.63) is 35.6 Å². The van der Waals surface area contributed by atoms with Crippen LogP contribution in [-0.4, -0.2) is 4.98 Å². The van der Waals surface area contributed by atoms with Crippen LogP contribution in [0.25, 0.3) is 10.6 Å². The van der Waals surface area contributed by atoms with Crippen molar-refractivity contribution < 1.29 is 4.57 Å². The number of thiophene rings is 1. The Hall–Kier alpha value is -1.22. The molecule has 2 aromatic rings. The summed E-state index contributed by atoms with van der Waals surface area (Å²) < 4.78 is 2.23. The van der Waals surface area contributed by atoms with Gasteiger partial charge in [-0.1, -0.05) is 0 Å².